The SMILES string of the molecule is CCNc1ncc(CN2CCC(Oc3ccccc3)(C(=O)O)CC2)cn1. The average molecular weight is 356 g/mol. The van der Waals surface area contributed by atoms with Crippen LogP contribution in [-0.2, 0) is 11.3 Å². The van der Waals surface area contributed by atoms with Gasteiger partial charge in [-0.15, -0.1) is 0 Å². The molecule has 0 saturated carbocycles. The highest BCUT2D eigenvalue weighted by Crippen LogP contribution is 2.29. The third-order valence-corrected chi connectivity index (χ3v) is 4.56. The zero-order valence-electron chi connectivity index (χ0n) is 14.9. The van der Waals surface area contributed by atoms with Crippen molar-refractivity contribution < 1.29 is 14.6 Å². The van der Waals surface area contributed by atoms with Gasteiger partial charge in [-0.05, 0) is 19.1 Å². The van der Waals surface area contributed by atoms with Crippen LogP contribution in [0.2, 0.25) is 0 Å². The molecule has 0 amide bonds. The van der Waals surface area contributed by atoms with E-state index in [0.717, 1.165) is 12.1 Å². The number of carboxylic acid groups (broad SMARTS) is 1. The van der Waals surface area contributed by atoms with Crippen LogP contribution in [0.3, 0.4) is 0 Å². The van der Waals surface area contributed by atoms with Crippen LogP contribution in [-0.4, -0.2) is 51.2 Å². The lowest BCUT2D eigenvalue weighted by Crippen LogP contribution is -2.53. The highest BCUT2D eigenvalue weighted by atomic mass is 16.5. The van der Waals surface area contributed by atoms with Crippen LogP contribution < -0.4 is 10.1 Å². The highest BCUT2D eigenvalue weighted by molar-refractivity contribution is 5.78. The van der Waals surface area contributed by atoms with Crippen LogP contribution in [0.15, 0.2) is 42.7 Å². The topological polar surface area (TPSA) is 87.6 Å². The first kappa shape index (κ1) is 18.1. The Bertz CT molecular complexity index is 713. The maximum Gasteiger partial charge on any atom is 0.348 e. The fraction of sp³-hybridized carbons (Fsp3) is 0.421. The molecule has 0 aliphatic carbocycles. The van der Waals surface area contributed by atoms with E-state index in [1.54, 1.807) is 12.1 Å². The molecule has 7 heteroatoms. The number of piperidine rings is 1. The molecular weight excluding hydrogens is 332 g/mol. The summed E-state index contributed by atoms with van der Waals surface area (Å²) in [5, 5.41) is 12.8. The van der Waals surface area contributed by atoms with Gasteiger partial charge in [0, 0.05) is 57.0 Å². The fourth-order valence-electron chi connectivity index (χ4n) is 3.09. The summed E-state index contributed by atoms with van der Waals surface area (Å²) in [6.45, 7) is 4.77. The van der Waals surface area contributed by atoms with Gasteiger partial charge in [-0.2, -0.15) is 0 Å². The maximum absolute atomic E-state index is 11.9. The van der Waals surface area contributed by atoms with Crippen LogP contribution in [0.1, 0.15) is 25.3 Å². The van der Waals surface area contributed by atoms with Gasteiger partial charge in [0.05, 0.1) is 0 Å². The lowest BCUT2D eigenvalue weighted by molar-refractivity contribution is -0.159. The van der Waals surface area contributed by atoms with Crippen LogP contribution in [0.25, 0.3) is 0 Å². The Morgan fingerprint density at radius 3 is 2.46 bits per heavy atom. The number of benzene rings is 1. The Morgan fingerprint density at radius 1 is 1.23 bits per heavy atom. The van der Waals surface area contributed by atoms with Crippen LogP contribution in [0.4, 0.5) is 5.95 Å². The van der Waals surface area contributed by atoms with Crippen molar-refractivity contribution in [2.75, 3.05) is 25.0 Å². The number of aromatic nitrogens is 2. The van der Waals surface area contributed by atoms with Gasteiger partial charge >= 0.3 is 5.97 Å². The van der Waals surface area contributed by atoms with E-state index in [9.17, 15) is 9.90 Å². The van der Waals surface area contributed by atoms with Gasteiger partial charge in [-0.3, -0.25) is 4.90 Å². The number of likely N-dealkylation sites (tertiary alicyclic amines) is 1. The van der Waals surface area contributed by atoms with Gasteiger partial charge in [-0.1, -0.05) is 18.2 Å². The molecule has 1 saturated heterocycles. The second kappa shape index (κ2) is 8.14. The first-order valence-corrected chi connectivity index (χ1v) is 8.86. The summed E-state index contributed by atoms with van der Waals surface area (Å²) in [5.41, 5.74) is -0.151. The zero-order valence-corrected chi connectivity index (χ0v) is 14.9. The van der Waals surface area contributed by atoms with E-state index in [-0.39, 0.29) is 0 Å². The third-order valence-electron chi connectivity index (χ3n) is 4.56. The smallest absolute Gasteiger partial charge is 0.348 e. The van der Waals surface area contributed by atoms with E-state index < -0.39 is 11.6 Å². The number of ether oxygens (including phenoxy) is 1. The number of anilines is 1. The molecule has 2 N–H and O–H groups in total. The summed E-state index contributed by atoms with van der Waals surface area (Å²) >= 11 is 0. The van der Waals surface area contributed by atoms with Gasteiger partial charge in [0.2, 0.25) is 11.5 Å². The predicted molar refractivity (Wildman–Crippen MR) is 98.1 cm³/mol. The number of hydrogen-bond acceptors (Lipinski definition) is 6. The van der Waals surface area contributed by atoms with E-state index in [0.29, 0.717) is 44.2 Å². The lowest BCUT2D eigenvalue weighted by Gasteiger charge is -2.38. The van der Waals surface area contributed by atoms with Crippen LogP contribution in [0, 0.1) is 0 Å². The highest BCUT2D eigenvalue weighted by Gasteiger charge is 2.44. The monoisotopic (exact) mass is 356 g/mol. The number of nitrogens with zero attached hydrogens (tertiary/aromatic N) is 3. The summed E-state index contributed by atoms with van der Waals surface area (Å²) < 4.78 is 5.89. The molecule has 1 aliphatic rings. The molecule has 138 valence electrons. The van der Waals surface area contributed by atoms with Crippen molar-refractivity contribution in [3.8, 4) is 5.75 Å². The van der Waals surface area contributed by atoms with Crippen molar-refractivity contribution in [2.24, 2.45) is 0 Å². The molecule has 3 rings (SSSR count). The van der Waals surface area contributed by atoms with Crippen molar-refractivity contribution >= 4 is 11.9 Å². The second-order valence-corrected chi connectivity index (χ2v) is 6.44. The lowest BCUT2D eigenvalue weighted by atomic mass is 9.91. The van der Waals surface area contributed by atoms with Gasteiger partial charge in [0.25, 0.3) is 0 Å². The van der Waals surface area contributed by atoms with Crippen molar-refractivity contribution in [2.45, 2.75) is 31.9 Å². The number of carbonyl (C=O) groups is 1. The molecule has 1 aromatic carbocycles. The molecule has 1 aromatic heterocycles. The molecule has 0 spiro atoms. The Labute approximate surface area is 153 Å². The number of rotatable bonds is 7. The van der Waals surface area contributed by atoms with Gasteiger partial charge < -0.3 is 15.2 Å². The Hall–Kier alpha value is -2.67. The standard InChI is InChI=1S/C19H24N4O3/c1-2-20-18-21-12-15(13-22-18)14-23-10-8-19(9-11-23,17(24)25)26-16-6-4-3-5-7-16/h3-7,12-13H,2,8-11,14H2,1H3,(H,24,25)(H,20,21,22). The molecule has 2 aromatic rings. The minimum atomic E-state index is -1.16. The molecule has 1 aliphatic heterocycles. The summed E-state index contributed by atoms with van der Waals surface area (Å²) in [6, 6.07) is 9.15. The summed E-state index contributed by atoms with van der Waals surface area (Å²) in [4.78, 5) is 22.6. The average Bonchev–Trinajstić information content (AvgIpc) is 2.66. The summed E-state index contributed by atoms with van der Waals surface area (Å²) in [5.74, 6) is 0.311. The largest absolute Gasteiger partial charge is 0.478 e. The summed E-state index contributed by atoms with van der Waals surface area (Å²) in [6.07, 6.45) is 4.50. The zero-order chi connectivity index (χ0) is 18.4. The molecule has 2 heterocycles. The first-order valence-electron chi connectivity index (χ1n) is 8.86. The number of hydrogen-bond donors (Lipinski definition) is 2. The Balaban J connectivity index is 1.60. The minimum absolute atomic E-state index is 0.438. The molecular formula is C19H24N4O3. The quantitative estimate of drug-likeness (QED) is 0.787. The van der Waals surface area contributed by atoms with E-state index in [1.165, 1.54) is 0 Å². The molecule has 0 unspecified atom stereocenters. The van der Waals surface area contributed by atoms with E-state index in [2.05, 4.69) is 20.2 Å². The van der Waals surface area contributed by atoms with E-state index >= 15 is 0 Å². The van der Waals surface area contributed by atoms with Crippen molar-refractivity contribution in [1.29, 1.82) is 0 Å². The molecule has 26 heavy (non-hydrogen) atoms. The number of carboxylic acids is 1. The van der Waals surface area contributed by atoms with E-state index in [4.69, 9.17) is 4.74 Å². The molecule has 0 bridgehead atoms. The summed E-state index contributed by atoms with van der Waals surface area (Å²) in [7, 11) is 0. The fourth-order valence-corrected chi connectivity index (χ4v) is 3.09. The number of aliphatic carboxylic acids is 1. The predicted octanol–water partition coefficient (Wildman–Crippen LogP) is 2.41. The maximum atomic E-state index is 11.9. The minimum Gasteiger partial charge on any atom is -0.478 e. The first-order chi connectivity index (χ1) is 12.6. The molecule has 7 nitrogen and oxygen atoms in total. The molecule has 1 fully saturated rings. The van der Waals surface area contributed by atoms with Gasteiger partial charge in [0.15, 0.2) is 0 Å². The third kappa shape index (κ3) is 4.29. The Morgan fingerprint density at radius 2 is 1.88 bits per heavy atom. The van der Waals surface area contributed by atoms with Crippen molar-refractivity contribution in [1.82, 2.24) is 14.9 Å². The Kier molecular flexibility index (Phi) is 5.68. The van der Waals surface area contributed by atoms with Crippen molar-refractivity contribution in [3.63, 3.8) is 0 Å². The van der Waals surface area contributed by atoms with E-state index in [1.807, 2.05) is 37.5 Å². The number of para-hydroxylation sites is 1. The molecule has 0 atom stereocenters. The van der Waals surface area contributed by atoms with Gasteiger partial charge in [0.1, 0.15) is 5.75 Å². The second-order valence-electron chi connectivity index (χ2n) is 6.44. The van der Waals surface area contributed by atoms with Crippen LogP contribution in [0.5, 0.6) is 5.75 Å². The normalized spacial score (nSPS) is 16.8. The van der Waals surface area contributed by atoms with Crippen molar-refractivity contribution in [3.05, 3.63) is 48.3 Å². The van der Waals surface area contributed by atoms with Crippen LogP contribution >= 0.6 is 0 Å². The van der Waals surface area contributed by atoms with Gasteiger partial charge in [-0.25, -0.2) is 14.8 Å². The molecule has 0 radical (unpaired) electrons. The number of nitrogens with one attached hydrogen (secondary N) is 1.